The molecule has 0 spiro atoms. The lowest BCUT2D eigenvalue weighted by molar-refractivity contribution is 0.396. The molecule has 0 unspecified atom stereocenters. The first-order valence-corrected chi connectivity index (χ1v) is 8.82. The van der Waals surface area contributed by atoms with Crippen LogP contribution in [0.1, 0.15) is 11.3 Å². The van der Waals surface area contributed by atoms with Crippen molar-refractivity contribution in [2.75, 3.05) is 20.7 Å². The Labute approximate surface area is 159 Å². The van der Waals surface area contributed by atoms with Crippen LogP contribution in [-0.4, -0.2) is 41.4 Å². The third-order valence-electron chi connectivity index (χ3n) is 4.06. The Balaban J connectivity index is 1.45. The number of ether oxygens (including phenoxy) is 1. The second-order valence-corrected chi connectivity index (χ2v) is 5.89. The van der Waals surface area contributed by atoms with E-state index in [0.29, 0.717) is 12.4 Å². The number of benzene rings is 1. The summed E-state index contributed by atoms with van der Waals surface area (Å²) in [4.78, 5) is 8.63. The van der Waals surface area contributed by atoms with E-state index in [4.69, 9.17) is 4.74 Å². The zero-order valence-electron chi connectivity index (χ0n) is 15.6. The average Bonchev–Trinajstić information content (AvgIpc) is 3.26. The van der Waals surface area contributed by atoms with Crippen molar-refractivity contribution in [1.29, 1.82) is 0 Å². The van der Waals surface area contributed by atoms with Gasteiger partial charge in [0.1, 0.15) is 0 Å². The lowest BCUT2D eigenvalue weighted by atomic mass is 10.1. The summed E-state index contributed by atoms with van der Waals surface area (Å²) in [5, 5.41) is 10.8. The van der Waals surface area contributed by atoms with Crippen molar-refractivity contribution in [3.8, 4) is 11.6 Å². The smallest absolute Gasteiger partial charge is 0.213 e. The van der Waals surface area contributed by atoms with Gasteiger partial charge in [-0.15, -0.1) is 0 Å². The summed E-state index contributed by atoms with van der Waals surface area (Å²) in [5.74, 6) is 1.35. The molecule has 0 radical (unpaired) electrons. The number of methoxy groups -OCH3 is 1. The number of nitrogens with one attached hydrogen (secondary N) is 2. The number of pyridine rings is 1. The number of hydrogen-bond donors (Lipinski definition) is 2. The van der Waals surface area contributed by atoms with E-state index in [9.17, 15) is 0 Å². The molecule has 0 saturated heterocycles. The first-order chi connectivity index (χ1) is 13.3. The third kappa shape index (κ3) is 5.31. The molecule has 27 heavy (non-hydrogen) atoms. The highest BCUT2D eigenvalue weighted by molar-refractivity contribution is 5.79. The van der Waals surface area contributed by atoms with Crippen molar-refractivity contribution in [2.45, 2.75) is 13.0 Å². The third-order valence-corrected chi connectivity index (χ3v) is 4.06. The van der Waals surface area contributed by atoms with E-state index in [1.807, 2.05) is 35.1 Å². The number of rotatable bonds is 7. The highest BCUT2D eigenvalue weighted by atomic mass is 16.5. The molecule has 0 aliphatic carbocycles. The molecule has 7 heteroatoms. The molecule has 0 atom stereocenters. The molecule has 0 aliphatic rings. The largest absolute Gasteiger partial charge is 0.481 e. The molecule has 3 aromatic rings. The first kappa shape index (κ1) is 18.4. The molecule has 0 aliphatic heterocycles. The van der Waals surface area contributed by atoms with Crippen LogP contribution in [0.25, 0.3) is 5.69 Å². The van der Waals surface area contributed by atoms with Crippen LogP contribution in [0.4, 0.5) is 0 Å². The van der Waals surface area contributed by atoms with Gasteiger partial charge in [-0.2, -0.15) is 5.10 Å². The molecule has 1 aromatic carbocycles. The zero-order valence-corrected chi connectivity index (χ0v) is 15.6. The average molecular weight is 364 g/mol. The Bertz CT molecular complexity index is 858. The molecule has 2 N–H and O–H groups in total. The van der Waals surface area contributed by atoms with Gasteiger partial charge >= 0.3 is 0 Å². The van der Waals surface area contributed by atoms with E-state index in [-0.39, 0.29) is 0 Å². The molecule has 0 amide bonds. The zero-order chi connectivity index (χ0) is 18.9. The van der Waals surface area contributed by atoms with Crippen LogP contribution in [0.5, 0.6) is 5.88 Å². The Hall–Kier alpha value is -3.35. The summed E-state index contributed by atoms with van der Waals surface area (Å²) in [6, 6.07) is 16.0. The molecule has 0 saturated carbocycles. The summed E-state index contributed by atoms with van der Waals surface area (Å²) in [7, 11) is 3.37. The van der Waals surface area contributed by atoms with E-state index in [1.165, 1.54) is 5.56 Å². The standard InChI is InChI=1S/C20H24N6O/c1-21-20(23-15-17-5-3-6-19(25-17)27-2)22-13-11-16-7-9-18(10-8-16)26-14-4-12-24-26/h3-10,12,14H,11,13,15H2,1-2H3,(H2,21,22,23). The van der Waals surface area contributed by atoms with Crippen molar-refractivity contribution in [1.82, 2.24) is 25.4 Å². The minimum atomic E-state index is 0.579. The summed E-state index contributed by atoms with van der Waals surface area (Å²) in [5.41, 5.74) is 3.20. The lowest BCUT2D eigenvalue weighted by Crippen LogP contribution is -2.38. The number of guanidine groups is 1. The van der Waals surface area contributed by atoms with Crippen LogP contribution in [-0.2, 0) is 13.0 Å². The lowest BCUT2D eigenvalue weighted by Gasteiger charge is -2.12. The summed E-state index contributed by atoms with van der Waals surface area (Å²) in [6.45, 7) is 1.36. The molecule has 140 valence electrons. The Kier molecular flexibility index (Phi) is 6.40. The van der Waals surface area contributed by atoms with Gasteiger partial charge in [0.15, 0.2) is 5.96 Å². The van der Waals surface area contributed by atoms with Crippen LogP contribution < -0.4 is 15.4 Å². The van der Waals surface area contributed by atoms with Crippen molar-refractivity contribution in [3.05, 3.63) is 72.2 Å². The van der Waals surface area contributed by atoms with Gasteiger partial charge in [-0.05, 0) is 36.2 Å². The first-order valence-electron chi connectivity index (χ1n) is 8.82. The highest BCUT2D eigenvalue weighted by Gasteiger charge is 2.02. The second-order valence-electron chi connectivity index (χ2n) is 5.89. The van der Waals surface area contributed by atoms with E-state index in [1.54, 1.807) is 20.4 Å². The fourth-order valence-corrected chi connectivity index (χ4v) is 2.63. The van der Waals surface area contributed by atoms with E-state index >= 15 is 0 Å². The molecule has 2 aromatic heterocycles. The van der Waals surface area contributed by atoms with E-state index in [0.717, 1.165) is 30.3 Å². The number of aliphatic imine (C=N–C) groups is 1. The maximum Gasteiger partial charge on any atom is 0.213 e. The summed E-state index contributed by atoms with van der Waals surface area (Å²) in [6.07, 6.45) is 4.61. The van der Waals surface area contributed by atoms with Crippen LogP contribution >= 0.6 is 0 Å². The summed E-state index contributed by atoms with van der Waals surface area (Å²) < 4.78 is 6.99. The normalized spacial score (nSPS) is 11.3. The highest BCUT2D eigenvalue weighted by Crippen LogP contribution is 2.09. The van der Waals surface area contributed by atoms with Gasteiger partial charge < -0.3 is 15.4 Å². The van der Waals surface area contributed by atoms with Crippen molar-refractivity contribution >= 4 is 5.96 Å². The number of nitrogens with zero attached hydrogens (tertiary/aromatic N) is 4. The molecular formula is C20H24N6O. The van der Waals surface area contributed by atoms with Crippen molar-refractivity contribution in [3.63, 3.8) is 0 Å². The topological polar surface area (TPSA) is 76.4 Å². The Morgan fingerprint density at radius 2 is 1.96 bits per heavy atom. The minimum absolute atomic E-state index is 0.579. The summed E-state index contributed by atoms with van der Waals surface area (Å²) >= 11 is 0. The van der Waals surface area contributed by atoms with Gasteiger partial charge in [0.05, 0.1) is 25.0 Å². The predicted molar refractivity (Wildman–Crippen MR) is 106 cm³/mol. The van der Waals surface area contributed by atoms with Crippen LogP contribution in [0.15, 0.2) is 65.9 Å². The maximum absolute atomic E-state index is 5.14. The molecule has 2 heterocycles. The predicted octanol–water partition coefficient (Wildman–Crippen LogP) is 2.18. The van der Waals surface area contributed by atoms with Gasteiger partial charge in [-0.1, -0.05) is 18.2 Å². The monoisotopic (exact) mass is 364 g/mol. The van der Waals surface area contributed by atoms with Crippen LogP contribution in [0.3, 0.4) is 0 Å². The SMILES string of the molecule is CN=C(NCCc1ccc(-n2cccn2)cc1)NCc1cccc(OC)n1. The molecule has 3 rings (SSSR count). The number of hydrogen-bond acceptors (Lipinski definition) is 4. The van der Waals surface area contributed by atoms with E-state index in [2.05, 4.69) is 50.0 Å². The molecule has 7 nitrogen and oxygen atoms in total. The van der Waals surface area contributed by atoms with Crippen molar-refractivity contribution in [2.24, 2.45) is 4.99 Å². The van der Waals surface area contributed by atoms with Gasteiger partial charge in [0, 0.05) is 32.1 Å². The maximum atomic E-state index is 5.14. The minimum Gasteiger partial charge on any atom is -0.481 e. The molecule has 0 fully saturated rings. The Morgan fingerprint density at radius 3 is 2.67 bits per heavy atom. The van der Waals surface area contributed by atoms with Gasteiger partial charge in [0.25, 0.3) is 0 Å². The Morgan fingerprint density at radius 1 is 1.11 bits per heavy atom. The van der Waals surface area contributed by atoms with Gasteiger partial charge in [-0.25, -0.2) is 9.67 Å². The molecular weight excluding hydrogens is 340 g/mol. The quantitative estimate of drug-likeness (QED) is 0.496. The van der Waals surface area contributed by atoms with E-state index < -0.39 is 0 Å². The van der Waals surface area contributed by atoms with Gasteiger partial charge in [-0.3, -0.25) is 4.99 Å². The second kappa shape index (κ2) is 9.38. The van der Waals surface area contributed by atoms with Crippen LogP contribution in [0, 0.1) is 0 Å². The molecule has 0 bridgehead atoms. The number of aromatic nitrogens is 3. The fraction of sp³-hybridized carbons (Fsp3) is 0.250. The van der Waals surface area contributed by atoms with Crippen LogP contribution in [0.2, 0.25) is 0 Å². The van der Waals surface area contributed by atoms with Gasteiger partial charge in [0.2, 0.25) is 5.88 Å². The van der Waals surface area contributed by atoms with Crippen molar-refractivity contribution < 1.29 is 4.74 Å². The fourth-order valence-electron chi connectivity index (χ4n) is 2.63.